The number of amides is 2. The van der Waals surface area contributed by atoms with Crippen molar-refractivity contribution in [1.29, 1.82) is 0 Å². The monoisotopic (exact) mass is 354 g/mol. The molecule has 0 N–H and O–H groups in total. The molecule has 2 amide bonds. The molecule has 2 aromatic rings. The predicted octanol–water partition coefficient (Wildman–Crippen LogP) is 3.55. The van der Waals surface area contributed by atoms with Crippen molar-refractivity contribution in [3.05, 3.63) is 70.8 Å². The molecule has 1 aliphatic rings. The van der Waals surface area contributed by atoms with E-state index in [4.69, 9.17) is 16.3 Å². The summed E-state index contributed by atoms with van der Waals surface area (Å²) in [5, 5.41) is 5.51. The molecule has 0 bridgehead atoms. The standard InChI is InChI=1S/C19H15ClN2O3/c1-13-17(11-14-7-9-15(20)10-8-14)19(24)22(21-13)18(23)12-25-16-5-3-2-4-6-16/h2-11H,12H2,1H3/b17-11+. The lowest BCUT2D eigenvalue weighted by Gasteiger charge is -2.11. The number of carbonyl (C=O) groups excluding carboxylic acids is 2. The largest absolute Gasteiger partial charge is 0.484 e. The van der Waals surface area contributed by atoms with Gasteiger partial charge in [-0.25, -0.2) is 0 Å². The highest BCUT2D eigenvalue weighted by Gasteiger charge is 2.32. The lowest BCUT2D eigenvalue weighted by Crippen LogP contribution is -2.33. The molecular formula is C19H15ClN2O3. The van der Waals surface area contributed by atoms with E-state index in [0.717, 1.165) is 10.6 Å². The van der Waals surface area contributed by atoms with Gasteiger partial charge in [0.05, 0.1) is 11.3 Å². The number of halogens is 1. The van der Waals surface area contributed by atoms with Crippen LogP contribution in [-0.4, -0.2) is 29.1 Å². The van der Waals surface area contributed by atoms with Crippen LogP contribution >= 0.6 is 11.6 Å². The number of hydrogen-bond acceptors (Lipinski definition) is 4. The predicted molar refractivity (Wildman–Crippen MR) is 96.3 cm³/mol. The first-order valence-corrected chi connectivity index (χ1v) is 8.00. The Morgan fingerprint density at radius 1 is 1.16 bits per heavy atom. The number of imide groups is 1. The highest BCUT2D eigenvalue weighted by Crippen LogP contribution is 2.20. The molecule has 0 unspecified atom stereocenters. The zero-order valence-electron chi connectivity index (χ0n) is 13.5. The Hall–Kier alpha value is -2.92. The normalized spacial score (nSPS) is 15.4. The van der Waals surface area contributed by atoms with Gasteiger partial charge in [0.15, 0.2) is 6.61 Å². The number of para-hydroxylation sites is 1. The molecule has 5 nitrogen and oxygen atoms in total. The smallest absolute Gasteiger partial charge is 0.288 e. The summed E-state index contributed by atoms with van der Waals surface area (Å²) in [6.45, 7) is 1.42. The van der Waals surface area contributed by atoms with Crippen LogP contribution in [0.4, 0.5) is 0 Å². The highest BCUT2D eigenvalue weighted by molar-refractivity contribution is 6.31. The molecule has 25 heavy (non-hydrogen) atoms. The maximum atomic E-state index is 12.5. The fraction of sp³-hybridized carbons (Fsp3) is 0.105. The first-order chi connectivity index (χ1) is 12.0. The Morgan fingerprint density at radius 2 is 1.84 bits per heavy atom. The lowest BCUT2D eigenvalue weighted by atomic mass is 10.1. The molecule has 0 fully saturated rings. The summed E-state index contributed by atoms with van der Waals surface area (Å²) in [6, 6.07) is 16.0. The van der Waals surface area contributed by atoms with Crippen molar-refractivity contribution >= 4 is 35.2 Å². The molecule has 1 heterocycles. The molecular weight excluding hydrogens is 340 g/mol. The van der Waals surface area contributed by atoms with Crippen LogP contribution in [0, 0.1) is 0 Å². The van der Waals surface area contributed by atoms with Gasteiger partial charge in [-0.15, -0.1) is 0 Å². The molecule has 0 aromatic heterocycles. The number of carbonyl (C=O) groups is 2. The molecule has 1 aliphatic heterocycles. The van der Waals surface area contributed by atoms with Gasteiger partial charge in [0.2, 0.25) is 0 Å². The van der Waals surface area contributed by atoms with Crippen molar-refractivity contribution in [2.24, 2.45) is 5.10 Å². The Kier molecular flexibility index (Phi) is 4.95. The van der Waals surface area contributed by atoms with Crippen molar-refractivity contribution in [1.82, 2.24) is 5.01 Å². The van der Waals surface area contributed by atoms with E-state index in [0.29, 0.717) is 22.1 Å². The van der Waals surface area contributed by atoms with Crippen molar-refractivity contribution in [2.45, 2.75) is 6.92 Å². The minimum Gasteiger partial charge on any atom is -0.484 e. The van der Waals surface area contributed by atoms with E-state index in [1.807, 2.05) is 6.07 Å². The second kappa shape index (κ2) is 7.32. The van der Waals surface area contributed by atoms with Gasteiger partial charge in [-0.2, -0.15) is 10.1 Å². The van der Waals surface area contributed by atoms with E-state index < -0.39 is 11.8 Å². The molecule has 0 saturated carbocycles. The fourth-order valence-electron chi connectivity index (χ4n) is 2.30. The quantitative estimate of drug-likeness (QED) is 0.789. The zero-order chi connectivity index (χ0) is 17.8. The van der Waals surface area contributed by atoms with Gasteiger partial charge in [0.1, 0.15) is 5.75 Å². The number of hydrazone groups is 1. The zero-order valence-corrected chi connectivity index (χ0v) is 14.2. The van der Waals surface area contributed by atoms with Gasteiger partial charge in [0.25, 0.3) is 11.8 Å². The second-order valence-corrected chi connectivity index (χ2v) is 5.84. The van der Waals surface area contributed by atoms with Crippen LogP contribution in [0.25, 0.3) is 6.08 Å². The average Bonchev–Trinajstić information content (AvgIpc) is 2.90. The van der Waals surface area contributed by atoms with E-state index in [2.05, 4.69) is 5.10 Å². The van der Waals surface area contributed by atoms with Crippen LogP contribution in [0.5, 0.6) is 5.75 Å². The van der Waals surface area contributed by atoms with Crippen LogP contribution in [0.3, 0.4) is 0 Å². The molecule has 3 rings (SSSR count). The number of hydrogen-bond donors (Lipinski definition) is 0. The minimum atomic E-state index is -0.521. The van der Waals surface area contributed by atoms with E-state index >= 15 is 0 Å². The van der Waals surface area contributed by atoms with Gasteiger partial charge in [-0.1, -0.05) is 41.9 Å². The van der Waals surface area contributed by atoms with Gasteiger partial charge in [0, 0.05) is 5.02 Å². The third-order valence-corrected chi connectivity index (χ3v) is 3.84. The van der Waals surface area contributed by atoms with Crippen molar-refractivity contribution in [2.75, 3.05) is 6.61 Å². The van der Waals surface area contributed by atoms with Gasteiger partial charge in [-0.05, 0) is 42.8 Å². The van der Waals surface area contributed by atoms with Crippen molar-refractivity contribution in [3.63, 3.8) is 0 Å². The van der Waals surface area contributed by atoms with Crippen LogP contribution in [-0.2, 0) is 9.59 Å². The molecule has 126 valence electrons. The minimum absolute atomic E-state index is 0.263. The van der Waals surface area contributed by atoms with E-state index in [-0.39, 0.29) is 6.61 Å². The third-order valence-electron chi connectivity index (χ3n) is 3.59. The first-order valence-electron chi connectivity index (χ1n) is 7.62. The summed E-state index contributed by atoms with van der Waals surface area (Å²) in [4.78, 5) is 24.7. The maximum Gasteiger partial charge on any atom is 0.288 e. The summed E-state index contributed by atoms with van der Waals surface area (Å²) in [6.07, 6.45) is 1.68. The first kappa shape index (κ1) is 16.9. The van der Waals surface area contributed by atoms with Gasteiger partial charge >= 0.3 is 0 Å². The summed E-state index contributed by atoms with van der Waals surface area (Å²) in [5.74, 6) is -0.429. The van der Waals surface area contributed by atoms with Crippen LogP contribution in [0.1, 0.15) is 12.5 Å². The summed E-state index contributed by atoms with van der Waals surface area (Å²) in [5.41, 5.74) is 1.65. The number of nitrogens with zero attached hydrogens (tertiary/aromatic N) is 2. The maximum absolute atomic E-state index is 12.5. The summed E-state index contributed by atoms with van der Waals surface area (Å²) < 4.78 is 5.38. The van der Waals surface area contributed by atoms with Crippen molar-refractivity contribution in [3.8, 4) is 5.75 Å². The Morgan fingerprint density at radius 3 is 2.52 bits per heavy atom. The SMILES string of the molecule is CC1=NN(C(=O)COc2ccccc2)C(=O)/C1=C/c1ccc(Cl)cc1. The molecule has 0 atom stereocenters. The van der Waals surface area contributed by atoms with E-state index in [1.165, 1.54) is 0 Å². The molecule has 0 radical (unpaired) electrons. The number of benzene rings is 2. The Balaban J connectivity index is 1.71. The molecule has 0 saturated heterocycles. The molecule has 0 spiro atoms. The molecule has 6 heteroatoms. The highest BCUT2D eigenvalue weighted by atomic mass is 35.5. The number of ether oxygens (including phenoxy) is 1. The Labute approximate surface area is 150 Å². The topological polar surface area (TPSA) is 59.0 Å². The lowest BCUT2D eigenvalue weighted by molar-refractivity contribution is -0.142. The molecule has 2 aromatic carbocycles. The summed E-state index contributed by atoms with van der Waals surface area (Å²) >= 11 is 5.86. The van der Waals surface area contributed by atoms with Gasteiger partial charge in [-0.3, -0.25) is 9.59 Å². The Bertz CT molecular complexity index is 858. The summed E-state index contributed by atoms with van der Waals surface area (Å²) in [7, 11) is 0. The van der Waals surface area contributed by atoms with Crippen LogP contribution < -0.4 is 4.74 Å². The van der Waals surface area contributed by atoms with E-state index in [1.54, 1.807) is 61.5 Å². The second-order valence-electron chi connectivity index (χ2n) is 5.41. The third kappa shape index (κ3) is 3.95. The van der Waals surface area contributed by atoms with Crippen LogP contribution in [0.2, 0.25) is 5.02 Å². The van der Waals surface area contributed by atoms with E-state index in [9.17, 15) is 9.59 Å². The van der Waals surface area contributed by atoms with Crippen LogP contribution in [0.15, 0.2) is 65.3 Å². The van der Waals surface area contributed by atoms with Gasteiger partial charge < -0.3 is 4.74 Å². The molecule has 0 aliphatic carbocycles. The van der Waals surface area contributed by atoms with Crippen molar-refractivity contribution < 1.29 is 14.3 Å². The fourth-order valence-corrected chi connectivity index (χ4v) is 2.43. The average molecular weight is 355 g/mol. The number of rotatable bonds is 4.